The molecule has 1 N–H and O–H groups in total. The summed E-state index contributed by atoms with van der Waals surface area (Å²) < 4.78 is 10.8. The van der Waals surface area contributed by atoms with Crippen molar-refractivity contribution in [1.29, 1.82) is 0 Å². The summed E-state index contributed by atoms with van der Waals surface area (Å²) in [5.41, 5.74) is -0.448. The number of aliphatic hydroxyl groups excluding tert-OH is 1. The van der Waals surface area contributed by atoms with Crippen molar-refractivity contribution >= 4 is 5.97 Å². The highest BCUT2D eigenvalue weighted by atomic mass is 16.6. The van der Waals surface area contributed by atoms with Crippen molar-refractivity contribution < 1.29 is 19.4 Å². The van der Waals surface area contributed by atoms with Crippen molar-refractivity contribution in [2.24, 2.45) is 11.8 Å². The molecule has 1 aliphatic carbocycles. The molecule has 2 fully saturated rings. The maximum atomic E-state index is 12.2. The first kappa shape index (κ1) is 15.7. The largest absolute Gasteiger partial charge is 0.465 e. The molecule has 0 amide bonds. The van der Waals surface area contributed by atoms with E-state index in [2.05, 4.69) is 0 Å². The molecule has 20 heavy (non-hydrogen) atoms. The molecule has 2 aliphatic rings. The second-order valence-electron chi connectivity index (χ2n) is 6.81. The Kier molecular flexibility index (Phi) is 4.72. The van der Waals surface area contributed by atoms with E-state index in [-0.39, 0.29) is 12.0 Å². The first-order valence-corrected chi connectivity index (χ1v) is 7.61. The Bertz CT molecular complexity index is 352. The number of carbonyl (C=O) groups excluding carboxylic acids is 1. The van der Waals surface area contributed by atoms with Crippen LogP contribution in [-0.4, -0.2) is 47.2 Å². The number of esters is 1. The highest BCUT2D eigenvalue weighted by molar-refractivity contribution is 5.76. The lowest BCUT2D eigenvalue weighted by Gasteiger charge is -2.33. The van der Waals surface area contributed by atoms with Gasteiger partial charge in [0.2, 0.25) is 6.41 Å². The zero-order chi connectivity index (χ0) is 14.9. The Hall–Kier alpha value is -0.650. The lowest BCUT2D eigenvalue weighted by molar-refractivity contribution is -0.245. The van der Waals surface area contributed by atoms with Crippen molar-refractivity contribution in [2.75, 3.05) is 13.2 Å². The van der Waals surface area contributed by atoms with Crippen LogP contribution >= 0.6 is 0 Å². The second kappa shape index (κ2) is 6.00. The number of nitrogens with zero attached hydrogens (tertiary/aromatic N) is 1. The molecule has 0 aromatic heterocycles. The van der Waals surface area contributed by atoms with Gasteiger partial charge in [0.25, 0.3) is 0 Å². The monoisotopic (exact) mass is 285 g/mol. The van der Waals surface area contributed by atoms with E-state index < -0.39 is 12.0 Å². The van der Waals surface area contributed by atoms with Crippen LogP contribution in [0.4, 0.5) is 0 Å². The maximum absolute atomic E-state index is 12.2. The van der Waals surface area contributed by atoms with E-state index in [1.165, 1.54) is 0 Å². The van der Waals surface area contributed by atoms with E-state index >= 15 is 0 Å². The molecule has 5 heteroatoms. The van der Waals surface area contributed by atoms with Gasteiger partial charge in [0.1, 0.15) is 6.04 Å². The van der Waals surface area contributed by atoms with Crippen LogP contribution in [0, 0.1) is 11.8 Å². The Labute approximate surface area is 121 Å². The maximum Gasteiger partial charge on any atom is 0.323 e. The van der Waals surface area contributed by atoms with Crippen LogP contribution in [-0.2, 0) is 14.3 Å². The minimum Gasteiger partial charge on any atom is -0.465 e. The summed E-state index contributed by atoms with van der Waals surface area (Å²) >= 11 is 0. The summed E-state index contributed by atoms with van der Waals surface area (Å²) in [5.74, 6) is 0.549. The van der Waals surface area contributed by atoms with E-state index in [0.717, 1.165) is 19.3 Å². The normalized spacial score (nSPS) is 32.1. The highest BCUT2D eigenvalue weighted by Crippen LogP contribution is 2.43. The van der Waals surface area contributed by atoms with Gasteiger partial charge >= 0.3 is 5.97 Å². The van der Waals surface area contributed by atoms with Crippen molar-refractivity contribution in [2.45, 2.75) is 65.0 Å². The predicted octanol–water partition coefficient (Wildman–Crippen LogP) is 1.74. The molecule has 0 aromatic rings. The summed E-state index contributed by atoms with van der Waals surface area (Å²) in [5, 5.41) is 10.3. The zero-order valence-corrected chi connectivity index (χ0v) is 13.0. The Morgan fingerprint density at radius 3 is 2.70 bits per heavy atom. The van der Waals surface area contributed by atoms with E-state index in [4.69, 9.17) is 9.47 Å². The fourth-order valence-electron chi connectivity index (χ4n) is 3.49. The first-order chi connectivity index (χ1) is 9.33. The second-order valence-corrected chi connectivity index (χ2v) is 6.81. The SMILES string of the molecule is CCOC(=O)C1C2CCCC2CN1C(O)OC(C)(C)C. The van der Waals surface area contributed by atoms with Gasteiger partial charge in [-0.1, -0.05) is 6.42 Å². The standard InChI is InChI=1S/C15H27NO4/c1-5-19-13(17)12-11-8-6-7-10(11)9-16(12)14(18)20-15(2,3)4/h10-12,14,18H,5-9H2,1-4H3. The average molecular weight is 285 g/mol. The number of hydrogen-bond donors (Lipinski definition) is 1. The smallest absolute Gasteiger partial charge is 0.323 e. The number of rotatable bonds is 4. The third-order valence-electron chi connectivity index (χ3n) is 4.20. The van der Waals surface area contributed by atoms with Gasteiger partial charge in [0, 0.05) is 6.54 Å². The number of ether oxygens (including phenoxy) is 2. The number of likely N-dealkylation sites (tertiary alicyclic amines) is 1. The minimum atomic E-state index is -1.05. The third-order valence-corrected chi connectivity index (χ3v) is 4.20. The molecule has 4 atom stereocenters. The summed E-state index contributed by atoms with van der Waals surface area (Å²) in [4.78, 5) is 14.0. The molecule has 1 saturated carbocycles. The Balaban J connectivity index is 2.11. The number of aliphatic hydroxyl groups is 1. The first-order valence-electron chi connectivity index (χ1n) is 7.61. The molecule has 0 aromatic carbocycles. The van der Waals surface area contributed by atoms with E-state index in [1.54, 1.807) is 4.90 Å². The van der Waals surface area contributed by atoms with Crippen molar-refractivity contribution in [3.05, 3.63) is 0 Å². The van der Waals surface area contributed by atoms with Gasteiger partial charge in [0.05, 0.1) is 12.2 Å². The van der Waals surface area contributed by atoms with Crippen LogP contribution in [0.5, 0.6) is 0 Å². The minimum absolute atomic E-state index is 0.224. The zero-order valence-electron chi connectivity index (χ0n) is 13.0. The van der Waals surface area contributed by atoms with Gasteiger partial charge in [-0.15, -0.1) is 0 Å². The van der Waals surface area contributed by atoms with Gasteiger partial charge in [0.15, 0.2) is 0 Å². The predicted molar refractivity (Wildman–Crippen MR) is 74.8 cm³/mol. The molecule has 116 valence electrons. The van der Waals surface area contributed by atoms with E-state index in [1.807, 2.05) is 27.7 Å². The number of fused-ring (bicyclic) bond motifs is 1. The van der Waals surface area contributed by atoms with Crippen LogP contribution in [0.2, 0.25) is 0 Å². The molecule has 4 unspecified atom stereocenters. The van der Waals surface area contributed by atoms with E-state index in [9.17, 15) is 9.90 Å². The van der Waals surface area contributed by atoms with Gasteiger partial charge in [-0.25, -0.2) is 4.90 Å². The molecule has 0 spiro atoms. The van der Waals surface area contributed by atoms with Gasteiger partial charge < -0.3 is 14.6 Å². The summed E-state index contributed by atoms with van der Waals surface area (Å²) in [6.45, 7) is 8.58. The molecule has 5 nitrogen and oxygen atoms in total. The molecule has 1 saturated heterocycles. The lowest BCUT2D eigenvalue weighted by Crippen LogP contribution is -2.49. The molecule has 1 aliphatic heterocycles. The average Bonchev–Trinajstić information content (AvgIpc) is 2.85. The van der Waals surface area contributed by atoms with Gasteiger partial charge in [-0.2, -0.15) is 0 Å². The van der Waals surface area contributed by atoms with Crippen molar-refractivity contribution in [3.63, 3.8) is 0 Å². The highest BCUT2D eigenvalue weighted by Gasteiger charge is 2.50. The summed E-state index contributed by atoms with van der Waals surface area (Å²) in [6.07, 6.45) is 2.27. The molecule has 1 heterocycles. The Morgan fingerprint density at radius 2 is 2.10 bits per heavy atom. The van der Waals surface area contributed by atoms with Crippen molar-refractivity contribution in [1.82, 2.24) is 4.90 Å². The topological polar surface area (TPSA) is 59.0 Å². The summed E-state index contributed by atoms with van der Waals surface area (Å²) in [6, 6.07) is -0.361. The van der Waals surface area contributed by atoms with Crippen LogP contribution < -0.4 is 0 Å². The molecule has 2 rings (SSSR count). The number of hydrogen-bond acceptors (Lipinski definition) is 5. The van der Waals surface area contributed by atoms with E-state index in [0.29, 0.717) is 25.0 Å². The molecular weight excluding hydrogens is 258 g/mol. The molecular formula is C15H27NO4. The van der Waals surface area contributed by atoms with Gasteiger partial charge in [-0.05, 0) is 52.4 Å². The Morgan fingerprint density at radius 1 is 1.40 bits per heavy atom. The lowest BCUT2D eigenvalue weighted by atomic mass is 9.94. The third kappa shape index (κ3) is 3.32. The van der Waals surface area contributed by atoms with Crippen LogP contribution in [0.15, 0.2) is 0 Å². The van der Waals surface area contributed by atoms with Crippen molar-refractivity contribution in [3.8, 4) is 0 Å². The fraction of sp³-hybridized carbons (Fsp3) is 0.933. The van der Waals surface area contributed by atoms with Gasteiger partial charge in [-0.3, -0.25) is 4.79 Å². The summed E-state index contributed by atoms with van der Waals surface area (Å²) in [7, 11) is 0. The quantitative estimate of drug-likeness (QED) is 0.630. The molecule has 0 radical (unpaired) electrons. The van der Waals surface area contributed by atoms with Crippen LogP contribution in [0.3, 0.4) is 0 Å². The molecule has 0 bridgehead atoms. The fourth-order valence-corrected chi connectivity index (χ4v) is 3.49. The van der Waals surface area contributed by atoms with Crippen LogP contribution in [0.25, 0.3) is 0 Å². The van der Waals surface area contributed by atoms with Crippen LogP contribution in [0.1, 0.15) is 47.0 Å². The number of carbonyl (C=O) groups is 1.